The predicted octanol–water partition coefficient (Wildman–Crippen LogP) is 2.49. The first kappa shape index (κ1) is 13.8. The lowest BCUT2D eigenvalue weighted by atomic mass is 10.0. The van der Waals surface area contributed by atoms with Crippen molar-refractivity contribution in [3.8, 4) is 5.75 Å². The molecule has 0 spiro atoms. The minimum absolute atomic E-state index is 0.367. The number of esters is 1. The van der Waals surface area contributed by atoms with E-state index in [4.69, 9.17) is 10.5 Å². The zero-order chi connectivity index (χ0) is 14.5. The van der Waals surface area contributed by atoms with Crippen molar-refractivity contribution < 1.29 is 14.3 Å². The number of carbonyl (C=O) groups excluding carboxylic acids is 2. The molecule has 20 heavy (non-hydrogen) atoms. The van der Waals surface area contributed by atoms with Crippen molar-refractivity contribution in [1.29, 1.82) is 0 Å². The van der Waals surface area contributed by atoms with Crippen molar-refractivity contribution in [3.63, 3.8) is 0 Å². The minimum atomic E-state index is -0.415. The molecule has 0 saturated heterocycles. The molecule has 2 aromatic rings. The molecule has 0 aromatic heterocycles. The number of nitrogens with two attached hydrogens (primary N) is 1. The first-order valence-corrected chi connectivity index (χ1v) is 6.24. The molecule has 2 aromatic carbocycles. The second kappa shape index (κ2) is 6.02. The Morgan fingerprint density at radius 1 is 1.00 bits per heavy atom. The number of carbonyl (C=O) groups is 2. The molecule has 1 atom stereocenters. The van der Waals surface area contributed by atoms with Gasteiger partial charge in [-0.15, -0.1) is 0 Å². The SMILES string of the molecule is CC(C(N)=O)c1ccc(OC(=O)c2ccccc2)cc1. The number of benzene rings is 2. The largest absolute Gasteiger partial charge is 0.423 e. The maximum atomic E-state index is 11.8. The van der Waals surface area contributed by atoms with Gasteiger partial charge in [-0.05, 0) is 36.8 Å². The third-order valence-electron chi connectivity index (χ3n) is 3.03. The van der Waals surface area contributed by atoms with Gasteiger partial charge in [0.25, 0.3) is 0 Å². The summed E-state index contributed by atoms with van der Waals surface area (Å²) < 4.78 is 5.24. The van der Waals surface area contributed by atoms with E-state index >= 15 is 0 Å². The average Bonchev–Trinajstić information content (AvgIpc) is 2.48. The number of primary amides is 1. The summed E-state index contributed by atoms with van der Waals surface area (Å²) in [5.41, 5.74) is 6.52. The summed E-state index contributed by atoms with van der Waals surface area (Å²) in [7, 11) is 0. The molecule has 0 saturated carbocycles. The van der Waals surface area contributed by atoms with Gasteiger partial charge in [0, 0.05) is 0 Å². The Labute approximate surface area is 117 Å². The Kier molecular flexibility index (Phi) is 4.15. The maximum Gasteiger partial charge on any atom is 0.343 e. The van der Waals surface area contributed by atoms with Gasteiger partial charge in [-0.25, -0.2) is 4.79 Å². The Balaban J connectivity index is 2.08. The summed E-state index contributed by atoms with van der Waals surface area (Å²) in [5, 5.41) is 0. The molecule has 0 heterocycles. The van der Waals surface area contributed by atoms with E-state index in [1.165, 1.54) is 0 Å². The van der Waals surface area contributed by atoms with Crippen LogP contribution in [0.3, 0.4) is 0 Å². The highest BCUT2D eigenvalue weighted by molar-refractivity contribution is 5.91. The van der Waals surface area contributed by atoms with Crippen molar-refractivity contribution in [2.24, 2.45) is 5.73 Å². The van der Waals surface area contributed by atoms with Crippen molar-refractivity contribution in [1.82, 2.24) is 0 Å². The van der Waals surface area contributed by atoms with Crippen LogP contribution < -0.4 is 10.5 Å². The smallest absolute Gasteiger partial charge is 0.343 e. The third-order valence-corrected chi connectivity index (χ3v) is 3.03. The molecule has 2 N–H and O–H groups in total. The number of hydrogen-bond donors (Lipinski definition) is 1. The molecule has 0 bridgehead atoms. The van der Waals surface area contributed by atoms with Gasteiger partial charge < -0.3 is 10.5 Å². The standard InChI is InChI=1S/C16H15NO3/c1-11(15(17)18)12-7-9-14(10-8-12)20-16(19)13-5-3-2-4-6-13/h2-11H,1H3,(H2,17,18). The molecule has 102 valence electrons. The zero-order valence-electron chi connectivity index (χ0n) is 11.1. The number of hydrogen-bond acceptors (Lipinski definition) is 3. The monoisotopic (exact) mass is 269 g/mol. The van der Waals surface area contributed by atoms with E-state index in [2.05, 4.69) is 0 Å². The van der Waals surface area contributed by atoms with E-state index in [0.29, 0.717) is 11.3 Å². The highest BCUT2D eigenvalue weighted by Crippen LogP contribution is 2.19. The van der Waals surface area contributed by atoms with E-state index in [9.17, 15) is 9.59 Å². The first-order chi connectivity index (χ1) is 9.58. The number of ether oxygens (including phenoxy) is 1. The molecule has 1 amide bonds. The molecule has 4 heteroatoms. The van der Waals surface area contributed by atoms with E-state index in [1.54, 1.807) is 55.5 Å². The van der Waals surface area contributed by atoms with Crippen molar-refractivity contribution in [2.75, 3.05) is 0 Å². The molecule has 0 radical (unpaired) electrons. The molecule has 4 nitrogen and oxygen atoms in total. The van der Waals surface area contributed by atoms with Crippen molar-refractivity contribution in [2.45, 2.75) is 12.8 Å². The van der Waals surface area contributed by atoms with Gasteiger partial charge in [0.15, 0.2) is 0 Å². The van der Waals surface area contributed by atoms with Gasteiger partial charge in [-0.3, -0.25) is 4.79 Å². The van der Waals surface area contributed by atoms with Gasteiger partial charge in [0.1, 0.15) is 5.75 Å². The van der Waals surface area contributed by atoms with E-state index < -0.39 is 5.97 Å². The van der Waals surface area contributed by atoms with Crippen LogP contribution in [0.4, 0.5) is 0 Å². The van der Waals surface area contributed by atoms with Crippen molar-refractivity contribution in [3.05, 3.63) is 65.7 Å². The van der Waals surface area contributed by atoms with Crippen LogP contribution >= 0.6 is 0 Å². The van der Waals surface area contributed by atoms with Crippen molar-refractivity contribution >= 4 is 11.9 Å². The van der Waals surface area contributed by atoms with Crippen LogP contribution in [0.2, 0.25) is 0 Å². The molecule has 0 aliphatic carbocycles. The second-order valence-corrected chi connectivity index (χ2v) is 4.45. The van der Waals surface area contributed by atoms with E-state index in [0.717, 1.165) is 5.56 Å². The van der Waals surface area contributed by atoms with Gasteiger partial charge in [0.2, 0.25) is 5.91 Å². The number of amides is 1. The lowest BCUT2D eigenvalue weighted by Gasteiger charge is -2.09. The van der Waals surface area contributed by atoms with Gasteiger partial charge in [0.05, 0.1) is 11.5 Å². The Morgan fingerprint density at radius 2 is 1.60 bits per heavy atom. The molecular weight excluding hydrogens is 254 g/mol. The molecule has 0 fully saturated rings. The lowest BCUT2D eigenvalue weighted by Crippen LogP contribution is -2.18. The Hall–Kier alpha value is -2.62. The average molecular weight is 269 g/mol. The van der Waals surface area contributed by atoms with Gasteiger partial charge >= 0.3 is 5.97 Å². The molecule has 0 aliphatic heterocycles. The molecule has 1 unspecified atom stereocenters. The third kappa shape index (κ3) is 3.23. The van der Waals surface area contributed by atoms with Crippen LogP contribution in [0.1, 0.15) is 28.8 Å². The van der Waals surface area contributed by atoms with E-state index in [-0.39, 0.29) is 11.8 Å². The fourth-order valence-corrected chi connectivity index (χ4v) is 1.73. The summed E-state index contributed by atoms with van der Waals surface area (Å²) in [6.45, 7) is 1.73. The Morgan fingerprint density at radius 3 is 2.15 bits per heavy atom. The summed E-state index contributed by atoms with van der Waals surface area (Å²) in [4.78, 5) is 22.9. The summed E-state index contributed by atoms with van der Waals surface area (Å²) in [6, 6.07) is 15.5. The molecule has 2 rings (SSSR count). The lowest BCUT2D eigenvalue weighted by molar-refractivity contribution is -0.119. The van der Waals surface area contributed by atoms with Crippen LogP contribution in [0.15, 0.2) is 54.6 Å². The first-order valence-electron chi connectivity index (χ1n) is 6.24. The van der Waals surface area contributed by atoms with Crippen LogP contribution in [0.5, 0.6) is 5.75 Å². The summed E-state index contributed by atoms with van der Waals surface area (Å²) in [5.74, 6) is -0.742. The highest BCUT2D eigenvalue weighted by atomic mass is 16.5. The fourth-order valence-electron chi connectivity index (χ4n) is 1.73. The van der Waals surface area contributed by atoms with Gasteiger partial charge in [-0.2, -0.15) is 0 Å². The zero-order valence-corrected chi connectivity index (χ0v) is 11.1. The highest BCUT2D eigenvalue weighted by Gasteiger charge is 2.12. The topological polar surface area (TPSA) is 69.4 Å². The molecular formula is C16H15NO3. The maximum absolute atomic E-state index is 11.8. The fraction of sp³-hybridized carbons (Fsp3) is 0.125. The van der Waals surface area contributed by atoms with Crippen LogP contribution in [-0.2, 0) is 4.79 Å². The van der Waals surface area contributed by atoms with E-state index in [1.807, 2.05) is 6.07 Å². The summed E-state index contributed by atoms with van der Waals surface area (Å²) >= 11 is 0. The Bertz CT molecular complexity index is 605. The quantitative estimate of drug-likeness (QED) is 0.684. The minimum Gasteiger partial charge on any atom is -0.423 e. The number of rotatable bonds is 4. The van der Waals surface area contributed by atoms with Crippen LogP contribution in [0, 0.1) is 0 Å². The van der Waals surface area contributed by atoms with Crippen LogP contribution in [0.25, 0.3) is 0 Å². The molecule has 0 aliphatic rings. The van der Waals surface area contributed by atoms with Gasteiger partial charge in [-0.1, -0.05) is 30.3 Å². The second-order valence-electron chi connectivity index (χ2n) is 4.45. The predicted molar refractivity (Wildman–Crippen MR) is 75.5 cm³/mol. The normalized spacial score (nSPS) is 11.7. The van der Waals surface area contributed by atoms with Crippen LogP contribution in [-0.4, -0.2) is 11.9 Å². The summed E-state index contributed by atoms with van der Waals surface area (Å²) in [6.07, 6.45) is 0.